The van der Waals surface area contributed by atoms with Crippen LogP contribution in [-0.4, -0.2) is 0 Å². The predicted octanol–water partition coefficient (Wildman–Crippen LogP) is 4.87. The van der Waals surface area contributed by atoms with E-state index in [1.54, 1.807) is 0 Å². The van der Waals surface area contributed by atoms with Crippen LogP contribution in [-0.2, 0) is 0 Å². The summed E-state index contributed by atoms with van der Waals surface area (Å²) in [6, 6.07) is 20.3. The Kier molecular flexibility index (Phi) is 6.45. The van der Waals surface area contributed by atoms with Gasteiger partial charge in [-0.1, -0.05) is 36.4 Å². The summed E-state index contributed by atoms with van der Waals surface area (Å²) in [7, 11) is 0. The Balaban J connectivity index is 1.67. The van der Waals surface area contributed by atoms with Crippen LogP contribution < -0.4 is 11.5 Å². The minimum atomic E-state index is -1.71. The van der Waals surface area contributed by atoms with E-state index < -0.39 is 22.7 Å². The summed E-state index contributed by atoms with van der Waals surface area (Å²) in [4.78, 5) is 0. The summed E-state index contributed by atoms with van der Waals surface area (Å²) in [6.45, 7) is 0. The molecular formula is C32H26N8. The lowest BCUT2D eigenvalue weighted by molar-refractivity contribution is 0.313. The predicted molar refractivity (Wildman–Crippen MR) is 144 cm³/mol. The van der Waals surface area contributed by atoms with E-state index in [4.69, 9.17) is 11.5 Å². The third kappa shape index (κ3) is 3.38. The molecule has 0 bridgehead atoms. The van der Waals surface area contributed by atoms with Crippen LogP contribution in [0, 0.1) is 90.7 Å². The Morgan fingerprint density at radius 2 is 0.950 bits per heavy atom. The Hall–Kier alpha value is -5.28. The molecule has 5 rings (SSSR count). The molecule has 0 unspecified atom stereocenters. The largest absolute Gasteiger partial charge is 0.399 e. The van der Waals surface area contributed by atoms with E-state index >= 15 is 0 Å². The van der Waals surface area contributed by atoms with Crippen LogP contribution in [0.25, 0.3) is 0 Å². The van der Waals surface area contributed by atoms with E-state index in [2.05, 4.69) is 36.4 Å². The van der Waals surface area contributed by atoms with Gasteiger partial charge < -0.3 is 11.5 Å². The van der Waals surface area contributed by atoms with E-state index in [0.717, 1.165) is 48.0 Å². The van der Waals surface area contributed by atoms with Crippen LogP contribution in [0.3, 0.4) is 0 Å². The molecule has 0 spiro atoms. The zero-order valence-electron chi connectivity index (χ0n) is 21.9. The molecule has 1 aromatic carbocycles. The monoisotopic (exact) mass is 522 g/mol. The van der Waals surface area contributed by atoms with Crippen LogP contribution >= 0.6 is 0 Å². The highest BCUT2D eigenvalue weighted by Crippen LogP contribution is 2.58. The molecule has 8 heteroatoms. The molecule has 0 aliphatic heterocycles. The molecule has 0 saturated carbocycles. The fourth-order valence-corrected chi connectivity index (χ4v) is 7.41. The second kappa shape index (κ2) is 9.79. The zero-order chi connectivity index (χ0) is 28.7. The molecule has 0 radical (unpaired) electrons. The molecule has 4 aliphatic rings. The Bertz CT molecular complexity index is 1510. The molecule has 0 heterocycles. The average Bonchev–Trinajstić information content (AvgIpc) is 3.00. The lowest BCUT2D eigenvalue weighted by Crippen LogP contribution is -2.43. The Morgan fingerprint density at radius 1 is 0.600 bits per heavy atom. The van der Waals surface area contributed by atoms with Crippen molar-refractivity contribution in [1.82, 2.24) is 0 Å². The van der Waals surface area contributed by atoms with Gasteiger partial charge in [0.25, 0.3) is 0 Å². The highest BCUT2D eigenvalue weighted by atomic mass is 14.7. The molecule has 0 fully saturated rings. The fraction of sp³-hybridized carbons (Fsp3) is 0.375. The van der Waals surface area contributed by atoms with Crippen molar-refractivity contribution in [1.29, 1.82) is 31.6 Å². The number of allylic oxidation sites excluding steroid dienone is 8. The number of benzene rings is 1. The SMILES string of the molecule is N#CC1=C(N)C(C#N)(C#N)[C@H](c2ccc([C@H]3[C@H]4CCCC=C4C(C#N)=C(N)C3(C#N)C#N)cc2)[C@@H]2CCCC=C12. The maximum atomic E-state index is 10.3. The fourth-order valence-electron chi connectivity index (χ4n) is 7.41. The average molecular weight is 523 g/mol. The zero-order valence-corrected chi connectivity index (χ0v) is 21.9. The number of rotatable bonds is 2. The van der Waals surface area contributed by atoms with Crippen LogP contribution in [0.15, 0.2) is 70.1 Å². The van der Waals surface area contributed by atoms with Crippen LogP contribution in [0.2, 0.25) is 0 Å². The number of hydrogen-bond acceptors (Lipinski definition) is 8. The number of nitriles is 6. The number of nitrogens with zero attached hydrogens (tertiary/aromatic N) is 6. The first-order valence-electron chi connectivity index (χ1n) is 13.3. The van der Waals surface area contributed by atoms with E-state index in [1.165, 1.54) is 0 Å². The normalized spacial score (nSPS) is 27.9. The van der Waals surface area contributed by atoms with Crippen molar-refractivity contribution in [2.45, 2.75) is 50.4 Å². The van der Waals surface area contributed by atoms with Gasteiger partial charge in [-0.3, -0.25) is 0 Å². The van der Waals surface area contributed by atoms with Crippen molar-refractivity contribution in [3.8, 4) is 36.4 Å². The van der Waals surface area contributed by atoms with Gasteiger partial charge in [0.2, 0.25) is 0 Å². The molecule has 194 valence electrons. The van der Waals surface area contributed by atoms with Crippen LogP contribution in [0.1, 0.15) is 61.5 Å². The molecule has 40 heavy (non-hydrogen) atoms. The summed E-state index contributed by atoms with van der Waals surface area (Å²) in [5, 5.41) is 61.0. The maximum absolute atomic E-state index is 10.3. The van der Waals surface area contributed by atoms with Gasteiger partial charge in [-0.15, -0.1) is 0 Å². The minimum absolute atomic E-state index is 0.0161. The van der Waals surface area contributed by atoms with Crippen LogP contribution in [0.5, 0.6) is 0 Å². The summed E-state index contributed by atoms with van der Waals surface area (Å²) in [6.07, 6.45) is 8.74. The van der Waals surface area contributed by atoms with E-state index in [1.807, 2.05) is 36.4 Å². The van der Waals surface area contributed by atoms with E-state index in [0.29, 0.717) is 12.8 Å². The molecule has 8 nitrogen and oxygen atoms in total. The molecule has 0 aromatic heterocycles. The van der Waals surface area contributed by atoms with Gasteiger partial charge in [0, 0.05) is 11.8 Å². The van der Waals surface area contributed by atoms with Crippen molar-refractivity contribution in [3.63, 3.8) is 0 Å². The summed E-state index contributed by atoms with van der Waals surface area (Å²) < 4.78 is 0. The van der Waals surface area contributed by atoms with Crippen LogP contribution in [0.4, 0.5) is 0 Å². The molecule has 4 N–H and O–H groups in total. The van der Waals surface area contributed by atoms with Gasteiger partial charge in [-0.2, -0.15) is 31.6 Å². The third-order valence-corrected chi connectivity index (χ3v) is 9.25. The van der Waals surface area contributed by atoms with E-state index in [-0.39, 0.29) is 34.4 Å². The molecule has 1 aromatic rings. The van der Waals surface area contributed by atoms with Gasteiger partial charge in [-0.05, 0) is 72.6 Å². The lowest BCUT2D eigenvalue weighted by Gasteiger charge is -2.44. The molecule has 4 atom stereocenters. The van der Waals surface area contributed by atoms with Crippen molar-refractivity contribution >= 4 is 0 Å². The standard InChI is InChI=1S/C32H26N8/c33-13-25-21-5-1-3-7-23(21)27(31(15-35,16-36)29(25)39)19-9-11-20(12-10-19)28-24-8-4-2-6-22(24)26(14-34)30(40)32(28,17-37)18-38/h5-6,9-12,23-24,27-28H,1-4,7-8,39-40H2/t23-,24+,27-,28+. The molecule has 0 saturated heterocycles. The lowest BCUT2D eigenvalue weighted by atomic mass is 9.55. The first-order chi connectivity index (χ1) is 19.4. The number of nitrogens with two attached hydrogens (primary N) is 2. The van der Waals surface area contributed by atoms with Crippen molar-refractivity contribution in [3.05, 3.63) is 81.2 Å². The summed E-state index contributed by atoms with van der Waals surface area (Å²) in [5.41, 5.74) is 12.8. The van der Waals surface area contributed by atoms with Gasteiger partial charge in [-0.25, -0.2) is 0 Å². The van der Waals surface area contributed by atoms with Gasteiger partial charge in [0.05, 0.1) is 46.8 Å². The van der Waals surface area contributed by atoms with Crippen molar-refractivity contribution < 1.29 is 0 Å². The highest BCUT2D eigenvalue weighted by molar-refractivity contribution is 5.61. The van der Waals surface area contributed by atoms with Crippen molar-refractivity contribution in [2.75, 3.05) is 0 Å². The maximum Gasteiger partial charge on any atom is 0.191 e. The topological polar surface area (TPSA) is 195 Å². The van der Waals surface area contributed by atoms with Gasteiger partial charge in [0.15, 0.2) is 10.8 Å². The minimum Gasteiger partial charge on any atom is -0.399 e. The number of fused-ring (bicyclic) bond motifs is 2. The van der Waals surface area contributed by atoms with Gasteiger partial charge in [0.1, 0.15) is 12.1 Å². The Morgan fingerprint density at radius 3 is 1.25 bits per heavy atom. The smallest absolute Gasteiger partial charge is 0.191 e. The quantitative estimate of drug-likeness (QED) is 0.548. The third-order valence-electron chi connectivity index (χ3n) is 9.25. The summed E-state index contributed by atoms with van der Waals surface area (Å²) >= 11 is 0. The second-order valence-corrected chi connectivity index (χ2v) is 10.9. The molecular weight excluding hydrogens is 496 g/mol. The molecule has 4 aliphatic carbocycles. The van der Waals surface area contributed by atoms with Crippen molar-refractivity contribution in [2.24, 2.45) is 34.1 Å². The second-order valence-electron chi connectivity index (χ2n) is 10.9. The Labute approximate surface area is 233 Å². The highest BCUT2D eigenvalue weighted by Gasteiger charge is 2.55. The summed E-state index contributed by atoms with van der Waals surface area (Å²) in [5.74, 6) is -1.64. The van der Waals surface area contributed by atoms with E-state index in [9.17, 15) is 31.6 Å². The number of hydrogen-bond donors (Lipinski definition) is 2. The molecule has 0 amide bonds. The first-order valence-corrected chi connectivity index (χ1v) is 13.3. The first kappa shape index (κ1) is 26.3. The van der Waals surface area contributed by atoms with Gasteiger partial charge >= 0.3 is 0 Å².